The Labute approximate surface area is 92.8 Å². The van der Waals surface area contributed by atoms with Crippen LogP contribution in [0.15, 0.2) is 24.3 Å². The van der Waals surface area contributed by atoms with Gasteiger partial charge in [-0.2, -0.15) is 8.78 Å². The van der Waals surface area contributed by atoms with Crippen LogP contribution in [-0.4, -0.2) is 19.7 Å². The third-order valence-electron chi connectivity index (χ3n) is 3.39. The Balaban J connectivity index is 1.74. The van der Waals surface area contributed by atoms with E-state index in [0.717, 1.165) is 30.6 Å². The first kappa shape index (κ1) is 9.87. The molecule has 2 aliphatic rings. The van der Waals surface area contributed by atoms with Crippen molar-refractivity contribution in [3.8, 4) is 5.75 Å². The van der Waals surface area contributed by atoms with Crippen LogP contribution in [0.25, 0.3) is 0 Å². The van der Waals surface area contributed by atoms with Crippen LogP contribution in [-0.2, 0) is 0 Å². The molecule has 1 heterocycles. The molecule has 3 rings (SSSR count). The van der Waals surface area contributed by atoms with E-state index in [1.54, 1.807) is 18.2 Å². The molecule has 2 atom stereocenters. The van der Waals surface area contributed by atoms with Crippen molar-refractivity contribution in [2.75, 3.05) is 18.0 Å². The van der Waals surface area contributed by atoms with Gasteiger partial charge in [0.1, 0.15) is 5.75 Å². The van der Waals surface area contributed by atoms with Gasteiger partial charge in [0.15, 0.2) is 0 Å². The number of halogens is 2. The van der Waals surface area contributed by atoms with Crippen molar-refractivity contribution < 1.29 is 13.5 Å². The van der Waals surface area contributed by atoms with Gasteiger partial charge in [0.2, 0.25) is 0 Å². The van der Waals surface area contributed by atoms with Gasteiger partial charge in [0, 0.05) is 24.8 Å². The van der Waals surface area contributed by atoms with Gasteiger partial charge in [-0.25, -0.2) is 0 Å². The van der Waals surface area contributed by atoms with Gasteiger partial charge in [-0.05, 0) is 30.4 Å². The third kappa shape index (κ3) is 1.84. The van der Waals surface area contributed by atoms with E-state index < -0.39 is 6.61 Å². The van der Waals surface area contributed by atoms with Crippen molar-refractivity contribution >= 4 is 5.69 Å². The number of fused-ring (bicyclic) bond motifs is 1. The molecular formula is C12H13F2NO. The molecule has 0 N–H and O–H groups in total. The molecule has 86 valence electrons. The second-order valence-corrected chi connectivity index (χ2v) is 4.54. The third-order valence-corrected chi connectivity index (χ3v) is 3.39. The lowest BCUT2D eigenvalue weighted by Gasteiger charge is -2.20. The molecule has 1 saturated heterocycles. The number of hydrogen-bond acceptors (Lipinski definition) is 2. The van der Waals surface area contributed by atoms with Crippen molar-refractivity contribution in [2.45, 2.75) is 13.0 Å². The summed E-state index contributed by atoms with van der Waals surface area (Å²) in [4.78, 5) is 2.25. The fraction of sp³-hybridized carbons (Fsp3) is 0.500. The van der Waals surface area contributed by atoms with E-state index in [1.165, 1.54) is 6.42 Å². The zero-order valence-corrected chi connectivity index (χ0v) is 8.77. The number of benzene rings is 1. The summed E-state index contributed by atoms with van der Waals surface area (Å²) in [5, 5.41) is 0. The van der Waals surface area contributed by atoms with Gasteiger partial charge in [-0.1, -0.05) is 6.07 Å². The molecule has 0 radical (unpaired) electrons. The first-order valence-corrected chi connectivity index (χ1v) is 5.52. The fourth-order valence-corrected chi connectivity index (χ4v) is 2.47. The van der Waals surface area contributed by atoms with E-state index in [4.69, 9.17) is 0 Å². The fourth-order valence-electron chi connectivity index (χ4n) is 2.47. The van der Waals surface area contributed by atoms with Crippen LogP contribution in [0.2, 0.25) is 0 Å². The van der Waals surface area contributed by atoms with Crippen LogP contribution in [0.1, 0.15) is 6.42 Å². The molecule has 2 fully saturated rings. The summed E-state index contributed by atoms with van der Waals surface area (Å²) in [6, 6.07) is 6.96. The second-order valence-electron chi connectivity index (χ2n) is 4.54. The zero-order valence-electron chi connectivity index (χ0n) is 8.77. The highest BCUT2D eigenvalue weighted by Crippen LogP contribution is 2.46. The molecule has 0 bridgehead atoms. The summed E-state index contributed by atoms with van der Waals surface area (Å²) in [6.45, 7) is -0.631. The Morgan fingerprint density at radius 2 is 2.00 bits per heavy atom. The Morgan fingerprint density at radius 3 is 2.69 bits per heavy atom. The van der Waals surface area contributed by atoms with Crippen molar-refractivity contribution in [2.24, 2.45) is 11.8 Å². The van der Waals surface area contributed by atoms with Gasteiger partial charge < -0.3 is 9.64 Å². The molecule has 1 aliphatic carbocycles. The maximum absolute atomic E-state index is 12.1. The summed E-state index contributed by atoms with van der Waals surface area (Å²) in [7, 11) is 0. The predicted octanol–water partition coefficient (Wildman–Crippen LogP) is 2.74. The zero-order chi connectivity index (χ0) is 11.1. The van der Waals surface area contributed by atoms with Gasteiger partial charge in [0.05, 0.1) is 0 Å². The summed E-state index contributed by atoms with van der Waals surface area (Å²) in [6.07, 6.45) is 1.34. The Kier molecular flexibility index (Phi) is 2.23. The van der Waals surface area contributed by atoms with E-state index in [2.05, 4.69) is 9.64 Å². The van der Waals surface area contributed by atoms with Crippen molar-refractivity contribution in [1.29, 1.82) is 0 Å². The van der Waals surface area contributed by atoms with Gasteiger partial charge in [-0.15, -0.1) is 0 Å². The van der Waals surface area contributed by atoms with Crippen LogP contribution in [0, 0.1) is 11.8 Å². The van der Waals surface area contributed by atoms with E-state index in [1.807, 2.05) is 6.07 Å². The van der Waals surface area contributed by atoms with Crippen molar-refractivity contribution in [3.63, 3.8) is 0 Å². The highest BCUT2D eigenvalue weighted by molar-refractivity contribution is 5.52. The van der Waals surface area contributed by atoms with Gasteiger partial charge in [-0.3, -0.25) is 0 Å². The number of alkyl halides is 2. The van der Waals surface area contributed by atoms with E-state index in [-0.39, 0.29) is 5.75 Å². The standard InChI is InChI=1S/C12H13F2NO/c13-12(14)16-11-3-1-2-10(5-11)15-6-8-4-9(8)7-15/h1-3,5,8-9,12H,4,6-7H2/t8-,9+. The average molecular weight is 225 g/mol. The lowest BCUT2D eigenvalue weighted by molar-refractivity contribution is -0.0498. The van der Waals surface area contributed by atoms with Crippen molar-refractivity contribution in [3.05, 3.63) is 24.3 Å². The first-order valence-electron chi connectivity index (χ1n) is 5.52. The lowest BCUT2D eigenvalue weighted by Crippen LogP contribution is -2.21. The Bertz CT molecular complexity index is 386. The topological polar surface area (TPSA) is 12.5 Å². The minimum absolute atomic E-state index is 0.244. The lowest BCUT2D eigenvalue weighted by atomic mass is 10.2. The van der Waals surface area contributed by atoms with Gasteiger partial charge >= 0.3 is 6.61 Å². The molecule has 4 heteroatoms. The number of hydrogen-bond donors (Lipinski definition) is 0. The molecule has 1 aromatic carbocycles. The van der Waals surface area contributed by atoms with Crippen LogP contribution in [0.5, 0.6) is 5.75 Å². The summed E-state index contributed by atoms with van der Waals surface area (Å²) >= 11 is 0. The quantitative estimate of drug-likeness (QED) is 0.784. The Hall–Kier alpha value is -1.32. The first-order chi connectivity index (χ1) is 7.72. The summed E-state index contributed by atoms with van der Waals surface area (Å²) in [5.41, 5.74) is 0.991. The average Bonchev–Trinajstić information content (AvgIpc) is 2.85. The number of piperidine rings is 1. The molecular weight excluding hydrogens is 212 g/mol. The highest BCUT2D eigenvalue weighted by Gasteiger charge is 2.45. The number of rotatable bonds is 3. The van der Waals surface area contributed by atoms with E-state index in [0.29, 0.717) is 0 Å². The van der Waals surface area contributed by atoms with Gasteiger partial charge in [0.25, 0.3) is 0 Å². The molecule has 1 aromatic rings. The molecule has 0 unspecified atom stereocenters. The monoisotopic (exact) mass is 225 g/mol. The van der Waals surface area contributed by atoms with Crippen LogP contribution in [0.3, 0.4) is 0 Å². The molecule has 0 spiro atoms. The molecule has 16 heavy (non-hydrogen) atoms. The van der Waals surface area contributed by atoms with Crippen molar-refractivity contribution in [1.82, 2.24) is 0 Å². The molecule has 0 aromatic heterocycles. The number of nitrogens with zero attached hydrogens (tertiary/aromatic N) is 1. The maximum atomic E-state index is 12.1. The van der Waals surface area contributed by atoms with Crippen LogP contribution >= 0.6 is 0 Å². The second kappa shape index (κ2) is 3.61. The minimum atomic E-state index is -2.75. The molecule has 2 nitrogen and oxygen atoms in total. The number of ether oxygens (including phenoxy) is 1. The SMILES string of the molecule is FC(F)Oc1cccc(N2C[C@H]3C[C@H]3C2)c1. The van der Waals surface area contributed by atoms with Crippen LogP contribution in [0.4, 0.5) is 14.5 Å². The maximum Gasteiger partial charge on any atom is 0.387 e. The molecule has 1 saturated carbocycles. The summed E-state index contributed by atoms with van der Waals surface area (Å²) in [5.74, 6) is 1.91. The smallest absolute Gasteiger partial charge is 0.387 e. The van der Waals surface area contributed by atoms with Crippen LogP contribution < -0.4 is 9.64 Å². The summed E-state index contributed by atoms with van der Waals surface area (Å²) < 4.78 is 28.5. The number of anilines is 1. The predicted molar refractivity (Wildman–Crippen MR) is 56.9 cm³/mol. The normalized spacial score (nSPS) is 27.1. The molecule has 1 aliphatic heterocycles. The molecule has 0 amide bonds. The minimum Gasteiger partial charge on any atom is -0.435 e. The Morgan fingerprint density at radius 1 is 1.25 bits per heavy atom. The van der Waals surface area contributed by atoms with E-state index in [9.17, 15) is 8.78 Å². The highest BCUT2D eigenvalue weighted by atomic mass is 19.3. The van der Waals surface area contributed by atoms with E-state index >= 15 is 0 Å². The largest absolute Gasteiger partial charge is 0.435 e.